The van der Waals surface area contributed by atoms with E-state index in [1.807, 2.05) is 37.3 Å². The number of Topliss-reactive ketones (excluding diaryl/α,β-unsaturated/α-hetero) is 1. The van der Waals surface area contributed by atoms with Crippen molar-refractivity contribution in [2.75, 3.05) is 13.1 Å². The van der Waals surface area contributed by atoms with Crippen molar-refractivity contribution in [3.63, 3.8) is 0 Å². The number of ketones is 1. The van der Waals surface area contributed by atoms with Gasteiger partial charge in [-0.3, -0.25) is 9.69 Å². The van der Waals surface area contributed by atoms with Crippen LogP contribution in [0, 0.1) is 11.8 Å². The van der Waals surface area contributed by atoms with Crippen molar-refractivity contribution < 1.29 is 4.79 Å². The molecule has 0 spiro atoms. The number of carbonyl (C=O) groups is 1. The molecule has 1 aromatic carbocycles. The van der Waals surface area contributed by atoms with Crippen LogP contribution < -0.4 is 0 Å². The molecule has 0 radical (unpaired) electrons. The second kappa shape index (κ2) is 5.66. The molecule has 1 aliphatic rings. The van der Waals surface area contributed by atoms with Gasteiger partial charge >= 0.3 is 0 Å². The molecule has 0 bridgehead atoms. The van der Waals surface area contributed by atoms with E-state index in [0.717, 1.165) is 18.7 Å². The lowest BCUT2D eigenvalue weighted by Crippen LogP contribution is -2.47. The molecule has 0 aromatic heterocycles. The van der Waals surface area contributed by atoms with Crippen LogP contribution in [-0.4, -0.2) is 29.8 Å². The van der Waals surface area contributed by atoms with E-state index in [-0.39, 0.29) is 11.8 Å². The number of likely N-dealkylation sites (tertiary alicyclic amines) is 1. The second-order valence-electron chi connectivity index (χ2n) is 5.81. The van der Waals surface area contributed by atoms with Crippen LogP contribution in [0.5, 0.6) is 0 Å². The van der Waals surface area contributed by atoms with E-state index in [1.165, 1.54) is 6.42 Å². The summed E-state index contributed by atoms with van der Waals surface area (Å²) in [5.41, 5.74) is 0.830. The molecule has 0 aliphatic carbocycles. The van der Waals surface area contributed by atoms with Crippen molar-refractivity contribution in [3.05, 3.63) is 35.9 Å². The molecule has 98 valence electrons. The fraction of sp³-hybridized carbons (Fsp3) is 0.562. The van der Waals surface area contributed by atoms with E-state index in [1.54, 1.807) is 0 Å². The van der Waals surface area contributed by atoms with Gasteiger partial charge in [-0.05, 0) is 25.2 Å². The molecule has 18 heavy (non-hydrogen) atoms. The molecule has 1 aromatic rings. The molecule has 1 aliphatic heterocycles. The van der Waals surface area contributed by atoms with Gasteiger partial charge in [0.25, 0.3) is 0 Å². The van der Waals surface area contributed by atoms with Crippen molar-refractivity contribution in [2.45, 2.75) is 33.2 Å². The van der Waals surface area contributed by atoms with Crippen molar-refractivity contribution in [1.29, 1.82) is 0 Å². The first-order chi connectivity index (χ1) is 8.58. The summed E-state index contributed by atoms with van der Waals surface area (Å²) in [7, 11) is 0. The van der Waals surface area contributed by atoms with Gasteiger partial charge in [-0.2, -0.15) is 0 Å². The number of piperidine rings is 1. The molecule has 1 heterocycles. The SMILES string of the molecule is CC1CC(C)CN(C(C)C(=O)c2ccccc2)C1. The zero-order valence-electron chi connectivity index (χ0n) is 11.6. The van der Waals surface area contributed by atoms with Crippen LogP contribution in [0.2, 0.25) is 0 Å². The molecular formula is C16H23NO. The average molecular weight is 245 g/mol. The lowest BCUT2D eigenvalue weighted by atomic mass is 9.90. The molecule has 3 atom stereocenters. The first kappa shape index (κ1) is 13.3. The highest BCUT2D eigenvalue weighted by molar-refractivity contribution is 5.99. The third-order valence-corrected chi connectivity index (χ3v) is 3.88. The molecular weight excluding hydrogens is 222 g/mol. The fourth-order valence-electron chi connectivity index (χ4n) is 3.04. The molecule has 3 unspecified atom stereocenters. The minimum absolute atomic E-state index is 0.00222. The Morgan fingerprint density at radius 2 is 1.72 bits per heavy atom. The first-order valence-electron chi connectivity index (χ1n) is 6.91. The number of benzene rings is 1. The van der Waals surface area contributed by atoms with E-state index in [4.69, 9.17) is 0 Å². The highest BCUT2D eigenvalue weighted by atomic mass is 16.1. The van der Waals surface area contributed by atoms with Gasteiger partial charge in [0.2, 0.25) is 0 Å². The summed E-state index contributed by atoms with van der Waals surface area (Å²) in [4.78, 5) is 14.8. The standard InChI is InChI=1S/C16H23NO/c1-12-9-13(2)11-17(10-12)14(3)16(18)15-7-5-4-6-8-15/h4-8,12-14H,9-11H2,1-3H3. The summed E-state index contributed by atoms with van der Waals surface area (Å²) in [6.45, 7) is 8.69. The zero-order valence-corrected chi connectivity index (χ0v) is 11.6. The van der Waals surface area contributed by atoms with Crippen molar-refractivity contribution >= 4 is 5.78 Å². The molecule has 2 rings (SSSR count). The van der Waals surface area contributed by atoms with Crippen LogP contribution in [0.1, 0.15) is 37.6 Å². The molecule has 1 fully saturated rings. The highest BCUT2D eigenvalue weighted by Gasteiger charge is 2.28. The Morgan fingerprint density at radius 1 is 1.17 bits per heavy atom. The first-order valence-corrected chi connectivity index (χ1v) is 6.91. The van der Waals surface area contributed by atoms with Crippen LogP contribution in [0.3, 0.4) is 0 Å². The number of rotatable bonds is 3. The Kier molecular flexibility index (Phi) is 4.18. The van der Waals surface area contributed by atoms with Crippen LogP contribution in [-0.2, 0) is 0 Å². The van der Waals surface area contributed by atoms with Gasteiger partial charge in [-0.15, -0.1) is 0 Å². The van der Waals surface area contributed by atoms with Gasteiger partial charge in [0.15, 0.2) is 5.78 Å². The van der Waals surface area contributed by atoms with E-state index in [0.29, 0.717) is 11.8 Å². The number of carbonyl (C=O) groups excluding carboxylic acids is 1. The van der Waals surface area contributed by atoms with Crippen molar-refractivity contribution in [3.8, 4) is 0 Å². The summed E-state index contributed by atoms with van der Waals surface area (Å²) >= 11 is 0. The summed E-state index contributed by atoms with van der Waals surface area (Å²) in [5, 5.41) is 0. The Bertz CT molecular complexity index is 391. The molecule has 1 saturated heterocycles. The topological polar surface area (TPSA) is 20.3 Å². The maximum atomic E-state index is 12.4. The monoisotopic (exact) mass is 245 g/mol. The fourth-order valence-corrected chi connectivity index (χ4v) is 3.04. The largest absolute Gasteiger partial charge is 0.293 e. The quantitative estimate of drug-likeness (QED) is 0.762. The van der Waals surface area contributed by atoms with Crippen LogP contribution in [0.4, 0.5) is 0 Å². The Morgan fingerprint density at radius 3 is 2.28 bits per heavy atom. The number of hydrogen-bond acceptors (Lipinski definition) is 2. The second-order valence-corrected chi connectivity index (χ2v) is 5.81. The van der Waals surface area contributed by atoms with Crippen molar-refractivity contribution in [1.82, 2.24) is 4.90 Å². The Hall–Kier alpha value is -1.15. The normalized spacial score (nSPS) is 26.8. The van der Waals surface area contributed by atoms with E-state index < -0.39 is 0 Å². The van der Waals surface area contributed by atoms with E-state index in [9.17, 15) is 4.79 Å². The molecule has 0 saturated carbocycles. The lowest BCUT2D eigenvalue weighted by Gasteiger charge is -2.38. The summed E-state index contributed by atoms with van der Waals surface area (Å²) in [5.74, 6) is 1.64. The number of nitrogens with zero attached hydrogens (tertiary/aromatic N) is 1. The van der Waals surface area contributed by atoms with Gasteiger partial charge in [-0.1, -0.05) is 44.2 Å². The summed E-state index contributed by atoms with van der Waals surface area (Å²) in [6, 6.07) is 9.64. The molecule has 2 nitrogen and oxygen atoms in total. The van der Waals surface area contributed by atoms with Crippen LogP contribution in [0.25, 0.3) is 0 Å². The average Bonchev–Trinajstić information content (AvgIpc) is 2.37. The van der Waals surface area contributed by atoms with Crippen molar-refractivity contribution in [2.24, 2.45) is 11.8 Å². The zero-order chi connectivity index (χ0) is 13.1. The number of hydrogen-bond donors (Lipinski definition) is 0. The Labute approximate surface area is 110 Å². The van der Waals surface area contributed by atoms with Crippen LogP contribution >= 0.6 is 0 Å². The Balaban J connectivity index is 2.07. The van der Waals surface area contributed by atoms with E-state index >= 15 is 0 Å². The third-order valence-electron chi connectivity index (χ3n) is 3.88. The van der Waals surface area contributed by atoms with Gasteiger partial charge in [0, 0.05) is 18.7 Å². The third kappa shape index (κ3) is 2.99. The molecule has 2 heteroatoms. The predicted octanol–water partition coefficient (Wildman–Crippen LogP) is 3.24. The predicted molar refractivity (Wildman–Crippen MR) is 74.8 cm³/mol. The summed E-state index contributed by atoms with van der Waals surface area (Å²) in [6.07, 6.45) is 1.28. The van der Waals surface area contributed by atoms with Gasteiger partial charge in [0.05, 0.1) is 6.04 Å². The molecule has 0 amide bonds. The molecule has 0 N–H and O–H groups in total. The van der Waals surface area contributed by atoms with Gasteiger partial charge in [0.1, 0.15) is 0 Å². The smallest absolute Gasteiger partial charge is 0.179 e. The van der Waals surface area contributed by atoms with Gasteiger partial charge < -0.3 is 0 Å². The minimum atomic E-state index is -0.00222. The van der Waals surface area contributed by atoms with E-state index in [2.05, 4.69) is 18.7 Å². The maximum absolute atomic E-state index is 12.4. The van der Waals surface area contributed by atoms with Gasteiger partial charge in [-0.25, -0.2) is 0 Å². The summed E-state index contributed by atoms with van der Waals surface area (Å²) < 4.78 is 0. The van der Waals surface area contributed by atoms with Crippen LogP contribution in [0.15, 0.2) is 30.3 Å². The maximum Gasteiger partial charge on any atom is 0.179 e. The minimum Gasteiger partial charge on any atom is -0.293 e. The lowest BCUT2D eigenvalue weighted by molar-refractivity contribution is 0.0686. The highest BCUT2D eigenvalue weighted by Crippen LogP contribution is 2.23.